The smallest absolute Gasteiger partial charge is 0.154 e. The predicted octanol–water partition coefficient (Wildman–Crippen LogP) is 3.12. The Morgan fingerprint density at radius 1 is 1.60 bits per heavy atom. The maximum Gasteiger partial charge on any atom is 0.154 e. The molecule has 1 aliphatic rings. The molecule has 0 N–H and O–H groups in total. The van der Waals surface area contributed by atoms with Crippen LogP contribution in [0.1, 0.15) is 19.8 Å². The first kappa shape index (κ1) is 7.45. The van der Waals surface area contributed by atoms with E-state index in [1.54, 1.807) is 6.08 Å². The zero-order valence-corrected chi connectivity index (χ0v) is 5.90. The molecule has 1 unspecified atom stereocenters. The number of allylic oxidation sites excluding steroid dienone is 4. The molecule has 0 heterocycles. The molecule has 0 aromatic heterocycles. The predicted molar refractivity (Wildman–Crippen MR) is 36.8 cm³/mol. The summed E-state index contributed by atoms with van der Waals surface area (Å²) in [5.41, 5.74) is 0. The van der Waals surface area contributed by atoms with E-state index in [4.69, 9.17) is 0 Å². The lowest BCUT2D eigenvalue weighted by molar-refractivity contribution is 0.460. The zero-order valence-electron chi connectivity index (χ0n) is 5.90. The minimum absolute atomic E-state index is 0.194. The average molecular weight is 144 g/mol. The van der Waals surface area contributed by atoms with Gasteiger partial charge in [-0.15, -0.1) is 0 Å². The van der Waals surface area contributed by atoms with Crippen molar-refractivity contribution in [2.75, 3.05) is 0 Å². The summed E-state index contributed by atoms with van der Waals surface area (Å²) < 4.78 is 24.8. The second kappa shape index (κ2) is 2.95. The fourth-order valence-electron chi connectivity index (χ4n) is 0.987. The lowest BCUT2D eigenvalue weighted by Gasteiger charge is -2.11. The van der Waals surface area contributed by atoms with E-state index < -0.39 is 11.7 Å². The van der Waals surface area contributed by atoms with Gasteiger partial charge < -0.3 is 0 Å². The van der Waals surface area contributed by atoms with Gasteiger partial charge in [0.15, 0.2) is 5.83 Å². The van der Waals surface area contributed by atoms with E-state index >= 15 is 0 Å². The molecule has 1 rings (SSSR count). The van der Waals surface area contributed by atoms with Gasteiger partial charge in [-0.2, -0.15) is 0 Å². The monoisotopic (exact) mass is 144 g/mol. The highest BCUT2D eigenvalue weighted by Gasteiger charge is 2.14. The van der Waals surface area contributed by atoms with Crippen molar-refractivity contribution in [3.63, 3.8) is 0 Å². The number of hydrogen-bond donors (Lipinski definition) is 0. The molecule has 0 nitrogen and oxygen atoms in total. The van der Waals surface area contributed by atoms with Gasteiger partial charge in [0, 0.05) is 6.42 Å². The summed E-state index contributed by atoms with van der Waals surface area (Å²) in [5.74, 6) is -1.11. The van der Waals surface area contributed by atoms with Gasteiger partial charge in [0.1, 0.15) is 5.83 Å². The molecule has 1 aliphatic carbocycles. The molecule has 0 spiro atoms. The van der Waals surface area contributed by atoms with Crippen molar-refractivity contribution in [3.8, 4) is 0 Å². The lowest BCUT2D eigenvalue weighted by Crippen LogP contribution is -1.99. The number of hydrogen-bond acceptors (Lipinski definition) is 0. The fourth-order valence-corrected chi connectivity index (χ4v) is 0.987. The van der Waals surface area contributed by atoms with E-state index in [-0.39, 0.29) is 12.3 Å². The van der Waals surface area contributed by atoms with E-state index in [1.807, 2.05) is 6.92 Å². The molecular weight excluding hydrogens is 134 g/mol. The summed E-state index contributed by atoms with van der Waals surface area (Å²) in [6.07, 6.45) is 4.04. The van der Waals surface area contributed by atoms with Crippen LogP contribution < -0.4 is 0 Å². The standard InChI is InChI=1S/C8H10F2/c1-2-6-3-4-7(9)8(10)5-6/h3-4,6H,2,5H2,1H3. The van der Waals surface area contributed by atoms with E-state index in [0.29, 0.717) is 0 Å². The summed E-state index contributed by atoms with van der Waals surface area (Å²) in [6.45, 7) is 1.96. The highest BCUT2D eigenvalue weighted by Crippen LogP contribution is 2.26. The third-order valence-electron chi connectivity index (χ3n) is 1.74. The van der Waals surface area contributed by atoms with Gasteiger partial charge in [-0.25, -0.2) is 8.78 Å². The fraction of sp³-hybridized carbons (Fsp3) is 0.500. The van der Waals surface area contributed by atoms with Gasteiger partial charge in [0.05, 0.1) is 0 Å². The molecule has 0 amide bonds. The first-order valence-corrected chi connectivity index (χ1v) is 3.46. The molecular formula is C8H10F2. The SMILES string of the molecule is CCC1C=CC(F)=C(F)C1. The molecule has 10 heavy (non-hydrogen) atoms. The summed E-state index contributed by atoms with van der Waals surface area (Å²) >= 11 is 0. The minimum atomic E-state index is -0.704. The van der Waals surface area contributed by atoms with Crippen LogP contribution in [0.3, 0.4) is 0 Å². The van der Waals surface area contributed by atoms with Crippen LogP contribution in [0.2, 0.25) is 0 Å². The number of rotatable bonds is 1. The Hall–Kier alpha value is -0.660. The van der Waals surface area contributed by atoms with Gasteiger partial charge >= 0.3 is 0 Å². The summed E-state index contributed by atoms with van der Waals surface area (Å²) in [5, 5.41) is 0. The molecule has 0 aromatic carbocycles. The lowest BCUT2D eigenvalue weighted by atomic mass is 9.97. The Balaban J connectivity index is 2.65. The second-order valence-corrected chi connectivity index (χ2v) is 2.48. The Labute approximate surface area is 59.2 Å². The van der Waals surface area contributed by atoms with Crippen molar-refractivity contribution in [1.29, 1.82) is 0 Å². The second-order valence-electron chi connectivity index (χ2n) is 2.48. The summed E-state index contributed by atoms with van der Waals surface area (Å²) in [7, 11) is 0. The highest BCUT2D eigenvalue weighted by molar-refractivity contribution is 5.21. The van der Waals surface area contributed by atoms with Crippen LogP contribution in [0.25, 0.3) is 0 Å². The van der Waals surface area contributed by atoms with Gasteiger partial charge in [0.25, 0.3) is 0 Å². The molecule has 0 bridgehead atoms. The molecule has 0 saturated carbocycles. The molecule has 1 atom stereocenters. The Kier molecular flexibility index (Phi) is 2.20. The van der Waals surface area contributed by atoms with Crippen LogP contribution >= 0.6 is 0 Å². The molecule has 0 fully saturated rings. The molecule has 2 heteroatoms. The first-order valence-electron chi connectivity index (χ1n) is 3.46. The highest BCUT2D eigenvalue weighted by atomic mass is 19.2. The van der Waals surface area contributed by atoms with E-state index in [2.05, 4.69) is 0 Å². The molecule has 56 valence electrons. The van der Waals surface area contributed by atoms with Crippen LogP contribution in [-0.4, -0.2) is 0 Å². The number of halogens is 2. The van der Waals surface area contributed by atoms with Gasteiger partial charge in [-0.3, -0.25) is 0 Å². The van der Waals surface area contributed by atoms with Crippen molar-refractivity contribution in [3.05, 3.63) is 23.8 Å². The minimum Gasteiger partial charge on any atom is -0.209 e. The van der Waals surface area contributed by atoms with E-state index in [9.17, 15) is 8.78 Å². The van der Waals surface area contributed by atoms with Gasteiger partial charge in [-0.05, 0) is 18.4 Å². The first-order chi connectivity index (χ1) is 4.74. The maximum atomic E-state index is 12.5. The zero-order chi connectivity index (χ0) is 7.56. The topological polar surface area (TPSA) is 0 Å². The van der Waals surface area contributed by atoms with Gasteiger partial charge in [0.2, 0.25) is 0 Å². The van der Waals surface area contributed by atoms with Crippen molar-refractivity contribution >= 4 is 0 Å². The van der Waals surface area contributed by atoms with Crippen LogP contribution in [0.5, 0.6) is 0 Å². The maximum absolute atomic E-state index is 12.5. The average Bonchev–Trinajstić information content (AvgIpc) is 1.95. The van der Waals surface area contributed by atoms with Gasteiger partial charge in [-0.1, -0.05) is 13.0 Å². The van der Waals surface area contributed by atoms with Crippen molar-refractivity contribution < 1.29 is 8.78 Å². The summed E-state index contributed by atoms with van der Waals surface area (Å²) in [4.78, 5) is 0. The van der Waals surface area contributed by atoms with Crippen molar-refractivity contribution in [2.24, 2.45) is 5.92 Å². The molecule has 0 saturated heterocycles. The molecule has 0 aliphatic heterocycles. The van der Waals surface area contributed by atoms with Crippen LogP contribution in [-0.2, 0) is 0 Å². The van der Waals surface area contributed by atoms with Crippen molar-refractivity contribution in [1.82, 2.24) is 0 Å². The van der Waals surface area contributed by atoms with Crippen LogP contribution in [0, 0.1) is 5.92 Å². The third kappa shape index (κ3) is 1.43. The summed E-state index contributed by atoms with van der Waals surface area (Å²) in [6, 6.07) is 0. The Morgan fingerprint density at radius 2 is 2.30 bits per heavy atom. The molecule has 0 radical (unpaired) electrons. The Morgan fingerprint density at radius 3 is 2.80 bits per heavy atom. The van der Waals surface area contributed by atoms with Crippen LogP contribution in [0.15, 0.2) is 23.8 Å². The van der Waals surface area contributed by atoms with Crippen molar-refractivity contribution in [2.45, 2.75) is 19.8 Å². The van der Waals surface area contributed by atoms with E-state index in [0.717, 1.165) is 6.42 Å². The third-order valence-corrected chi connectivity index (χ3v) is 1.74. The quantitative estimate of drug-likeness (QED) is 0.530. The largest absolute Gasteiger partial charge is 0.209 e. The van der Waals surface area contributed by atoms with Crippen LogP contribution in [0.4, 0.5) is 8.78 Å². The molecule has 0 aromatic rings. The van der Waals surface area contributed by atoms with E-state index in [1.165, 1.54) is 6.08 Å². The Bertz CT molecular complexity index is 180. The normalized spacial score (nSPS) is 25.7.